The van der Waals surface area contributed by atoms with Crippen molar-refractivity contribution in [1.29, 1.82) is 0 Å². The third kappa shape index (κ3) is 3.91. The molecule has 21 heavy (non-hydrogen) atoms. The summed E-state index contributed by atoms with van der Waals surface area (Å²) in [6.07, 6.45) is 0. The van der Waals surface area contributed by atoms with Crippen molar-refractivity contribution in [2.75, 3.05) is 5.32 Å². The summed E-state index contributed by atoms with van der Waals surface area (Å²) in [7, 11) is 0. The molecule has 112 valence electrons. The molecule has 1 aromatic carbocycles. The Hall–Kier alpha value is -1.68. The van der Waals surface area contributed by atoms with Crippen LogP contribution in [0, 0.1) is 12.7 Å². The summed E-state index contributed by atoms with van der Waals surface area (Å²) in [5.41, 5.74) is 1.50. The van der Waals surface area contributed by atoms with Crippen LogP contribution in [0.5, 0.6) is 0 Å². The number of hydrogen-bond acceptors (Lipinski definition) is 3. The lowest BCUT2D eigenvalue weighted by atomic mass is 10.1. The minimum Gasteiger partial charge on any atom is -0.363 e. The van der Waals surface area contributed by atoms with Crippen LogP contribution >= 0.6 is 11.6 Å². The van der Waals surface area contributed by atoms with Gasteiger partial charge in [0.2, 0.25) is 0 Å². The van der Waals surface area contributed by atoms with Crippen molar-refractivity contribution in [3.05, 3.63) is 52.2 Å². The van der Waals surface area contributed by atoms with Gasteiger partial charge in [0, 0.05) is 12.0 Å². The predicted octanol–water partition coefficient (Wildman–Crippen LogP) is 4.87. The molecule has 2 rings (SSSR count). The van der Waals surface area contributed by atoms with Crippen LogP contribution in [0.3, 0.4) is 0 Å². The Bertz CT molecular complexity index is 643. The molecule has 1 N–H and O–H groups in total. The molecule has 1 unspecified atom stereocenters. The quantitative estimate of drug-likeness (QED) is 0.819. The molecule has 0 aliphatic carbocycles. The van der Waals surface area contributed by atoms with Crippen LogP contribution in [0.15, 0.2) is 24.3 Å². The summed E-state index contributed by atoms with van der Waals surface area (Å²) in [4.78, 5) is 8.63. The smallest absolute Gasteiger partial charge is 0.135 e. The molecular weight excluding hydrogens is 289 g/mol. The molecule has 3 nitrogen and oxygen atoms in total. The Labute approximate surface area is 129 Å². The molecule has 0 fully saturated rings. The number of nitrogens with zero attached hydrogens (tertiary/aromatic N) is 2. The number of rotatable bonds is 4. The highest BCUT2D eigenvalue weighted by Crippen LogP contribution is 2.23. The zero-order valence-corrected chi connectivity index (χ0v) is 13.4. The van der Waals surface area contributed by atoms with E-state index in [1.807, 2.05) is 26.8 Å². The van der Waals surface area contributed by atoms with Crippen LogP contribution in [0.1, 0.15) is 49.7 Å². The van der Waals surface area contributed by atoms with Gasteiger partial charge in [0.05, 0.1) is 6.04 Å². The molecule has 1 heterocycles. The molecule has 0 bridgehead atoms. The van der Waals surface area contributed by atoms with Crippen LogP contribution < -0.4 is 5.32 Å². The van der Waals surface area contributed by atoms with E-state index in [-0.39, 0.29) is 17.8 Å². The minimum absolute atomic E-state index is 0.0777. The summed E-state index contributed by atoms with van der Waals surface area (Å²) in [6, 6.07) is 6.82. The molecule has 0 radical (unpaired) electrons. The van der Waals surface area contributed by atoms with Crippen molar-refractivity contribution in [3.63, 3.8) is 0 Å². The number of hydrogen-bond donors (Lipinski definition) is 1. The van der Waals surface area contributed by atoms with Crippen LogP contribution in [0.4, 0.5) is 10.2 Å². The van der Waals surface area contributed by atoms with E-state index >= 15 is 0 Å². The van der Waals surface area contributed by atoms with Gasteiger partial charge < -0.3 is 5.32 Å². The lowest BCUT2D eigenvalue weighted by Gasteiger charge is -2.16. The minimum atomic E-state index is -0.204. The fraction of sp³-hybridized carbons (Fsp3) is 0.375. The predicted molar refractivity (Wildman–Crippen MR) is 84.3 cm³/mol. The Morgan fingerprint density at radius 3 is 2.48 bits per heavy atom. The molecule has 0 aliphatic rings. The van der Waals surface area contributed by atoms with Crippen LogP contribution in [-0.4, -0.2) is 9.97 Å². The van der Waals surface area contributed by atoms with Crippen molar-refractivity contribution in [3.8, 4) is 0 Å². The normalized spacial score (nSPS) is 12.5. The highest BCUT2D eigenvalue weighted by atomic mass is 35.5. The second-order valence-corrected chi connectivity index (χ2v) is 5.85. The largest absolute Gasteiger partial charge is 0.363 e. The summed E-state index contributed by atoms with van der Waals surface area (Å²) in [5.74, 6) is 1.32. The zero-order valence-electron chi connectivity index (χ0n) is 12.6. The molecule has 2 aromatic rings. The Kier molecular flexibility index (Phi) is 4.78. The van der Waals surface area contributed by atoms with E-state index in [0.717, 1.165) is 5.56 Å². The van der Waals surface area contributed by atoms with Gasteiger partial charge in [0.25, 0.3) is 0 Å². The second-order valence-electron chi connectivity index (χ2n) is 5.46. The molecule has 0 amide bonds. The number of nitrogens with one attached hydrogen (secondary N) is 1. The first-order valence-electron chi connectivity index (χ1n) is 6.94. The fourth-order valence-corrected chi connectivity index (χ4v) is 2.14. The third-order valence-electron chi connectivity index (χ3n) is 3.29. The standard InChI is InChI=1S/C16H19ClFN3/c1-9(2)16-20-14(17)8-15(21-16)19-11(4)12-6-5-10(3)13(18)7-12/h5-9,11H,1-4H3,(H,19,20,21). The van der Waals surface area contributed by atoms with Crippen LogP contribution in [-0.2, 0) is 0 Å². The van der Waals surface area contributed by atoms with E-state index < -0.39 is 0 Å². The van der Waals surface area contributed by atoms with Gasteiger partial charge >= 0.3 is 0 Å². The maximum Gasteiger partial charge on any atom is 0.135 e. The summed E-state index contributed by atoms with van der Waals surface area (Å²) < 4.78 is 13.6. The number of halogens is 2. The average molecular weight is 308 g/mol. The topological polar surface area (TPSA) is 37.8 Å². The van der Waals surface area contributed by atoms with E-state index in [2.05, 4.69) is 15.3 Å². The van der Waals surface area contributed by atoms with E-state index in [1.54, 1.807) is 25.1 Å². The van der Waals surface area contributed by atoms with Gasteiger partial charge in [-0.3, -0.25) is 0 Å². The van der Waals surface area contributed by atoms with Gasteiger partial charge in [-0.25, -0.2) is 14.4 Å². The van der Waals surface area contributed by atoms with E-state index in [1.165, 1.54) is 0 Å². The molecule has 1 aromatic heterocycles. The molecular formula is C16H19ClFN3. The first-order chi connectivity index (χ1) is 9.86. The van der Waals surface area contributed by atoms with Crippen molar-refractivity contribution in [2.45, 2.75) is 39.7 Å². The van der Waals surface area contributed by atoms with Gasteiger partial charge in [-0.1, -0.05) is 37.6 Å². The van der Waals surface area contributed by atoms with E-state index in [4.69, 9.17) is 11.6 Å². The third-order valence-corrected chi connectivity index (χ3v) is 3.48. The van der Waals surface area contributed by atoms with Crippen LogP contribution in [0.2, 0.25) is 5.15 Å². The zero-order chi connectivity index (χ0) is 15.6. The second kappa shape index (κ2) is 6.39. The van der Waals surface area contributed by atoms with Gasteiger partial charge in [-0.2, -0.15) is 0 Å². The molecule has 1 atom stereocenters. The number of aromatic nitrogens is 2. The lowest BCUT2D eigenvalue weighted by molar-refractivity contribution is 0.614. The maximum atomic E-state index is 13.6. The van der Waals surface area contributed by atoms with E-state index in [9.17, 15) is 4.39 Å². The Morgan fingerprint density at radius 2 is 1.86 bits per heavy atom. The van der Waals surface area contributed by atoms with Gasteiger partial charge in [0.15, 0.2) is 0 Å². The van der Waals surface area contributed by atoms with Crippen LogP contribution in [0.25, 0.3) is 0 Å². The molecule has 5 heteroatoms. The Morgan fingerprint density at radius 1 is 1.14 bits per heavy atom. The van der Waals surface area contributed by atoms with Gasteiger partial charge in [-0.05, 0) is 31.0 Å². The maximum absolute atomic E-state index is 13.6. The summed E-state index contributed by atoms with van der Waals surface area (Å²) >= 11 is 6.02. The fourth-order valence-electron chi connectivity index (χ4n) is 1.95. The van der Waals surface area contributed by atoms with Gasteiger partial charge in [-0.15, -0.1) is 0 Å². The van der Waals surface area contributed by atoms with Crippen molar-refractivity contribution in [2.24, 2.45) is 0 Å². The number of benzene rings is 1. The van der Waals surface area contributed by atoms with Crippen molar-refractivity contribution < 1.29 is 4.39 Å². The van der Waals surface area contributed by atoms with Crippen molar-refractivity contribution >= 4 is 17.4 Å². The average Bonchev–Trinajstić information content (AvgIpc) is 2.41. The monoisotopic (exact) mass is 307 g/mol. The number of anilines is 1. The molecule has 0 saturated carbocycles. The SMILES string of the molecule is Cc1ccc(C(C)Nc2cc(Cl)nc(C(C)C)n2)cc1F. The van der Waals surface area contributed by atoms with Gasteiger partial charge in [0.1, 0.15) is 22.6 Å². The molecule has 0 aliphatic heterocycles. The first kappa shape index (κ1) is 15.7. The first-order valence-corrected chi connectivity index (χ1v) is 7.31. The highest BCUT2D eigenvalue weighted by Gasteiger charge is 2.11. The molecule has 0 saturated heterocycles. The van der Waals surface area contributed by atoms with E-state index in [0.29, 0.717) is 22.4 Å². The Balaban J connectivity index is 2.22. The molecule has 0 spiro atoms. The summed E-state index contributed by atoms with van der Waals surface area (Å²) in [5, 5.41) is 3.64. The highest BCUT2D eigenvalue weighted by molar-refractivity contribution is 6.29. The van der Waals surface area contributed by atoms with Crippen molar-refractivity contribution in [1.82, 2.24) is 9.97 Å². The summed E-state index contributed by atoms with van der Waals surface area (Å²) in [6.45, 7) is 7.72. The number of aryl methyl sites for hydroxylation is 1. The lowest BCUT2D eigenvalue weighted by Crippen LogP contribution is -2.10.